The molecule has 110 valence electrons. The van der Waals surface area contributed by atoms with Crippen LogP contribution in [-0.2, 0) is 6.42 Å². The average molecular weight is 369 g/mol. The molecular formula is C14H13BrN2O3S. The molecule has 1 aromatic heterocycles. The normalized spacial score (nSPS) is 10.1. The Morgan fingerprint density at radius 3 is 2.71 bits per heavy atom. The van der Waals surface area contributed by atoms with Crippen LogP contribution in [0, 0.1) is 0 Å². The van der Waals surface area contributed by atoms with E-state index in [1.54, 1.807) is 17.4 Å². The van der Waals surface area contributed by atoms with Gasteiger partial charge in [-0.05, 0) is 62.9 Å². The lowest BCUT2D eigenvalue weighted by Crippen LogP contribution is -2.30. The number of urea groups is 1. The van der Waals surface area contributed by atoms with Crippen molar-refractivity contribution < 1.29 is 14.7 Å². The van der Waals surface area contributed by atoms with Crippen LogP contribution in [0.3, 0.4) is 0 Å². The Balaban J connectivity index is 1.86. The number of benzene rings is 1. The summed E-state index contributed by atoms with van der Waals surface area (Å²) in [5.74, 6) is -1.01. The lowest BCUT2D eigenvalue weighted by atomic mass is 10.2. The number of carboxylic acids is 1. The molecule has 5 nitrogen and oxygen atoms in total. The molecule has 0 saturated heterocycles. The Kier molecular flexibility index (Phi) is 5.35. The van der Waals surface area contributed by atoms with Crippen molar-refractivity contribution in [1.29, 1.82) is 0 Å². The van der Waals surface area contributed by atoms with Crippen LogP contribution in [0.1, 0.15) is 15.9 Å². The third kappa shape index (κ3) is 4.57. The summed E-state index contributed by atoms with van der Waals surface area (Å²) in [5, 5.41) is 18.3. The van der Waals surface area contributed by atoms with Crippen LogP contribution in [0.15, 0.2) is 39.5 Å². The van der Waals surface area contributed by atoms with Gasteiger partial charge in [0.15, 0.2) is 0 Å². The first kappa shape index (κ1) is 15.5. The van der Waals surface area contributed by atoms with Crippen molar-refractivity contribution in [2.75, 3.05) is 11.9 Å². The maximum Gasteiger partial charge on any atom is 0.335 e. The molecule has 0 bridgehead atoms. The molecule has 7 heteroatoms. The number of hydrogen-bond acceptors (Lipinski definition) is 3. The van der Waals surface area contributed by atoms with Crippen LogP contribution in [0.4, 0.5) is 10.5 Å². The van der Waals surface area contributed by atoms with Gasteiger partial charge in [-0.15, -0.1) is 0 Å². The smallest absolute Gasteiger partial charge is 0.335 e. The minimum Gasteiger partial charge on any atom is -0.478 e. The van der Waals surface area contributed by atoms with Gasteiger partial charge in [0.25, 0.3) is 0 Å². The number of nitrogens with one attached hydrogen (secondary N) is 2. The molecule has 0 fully saturated rings. The standard InChI is InChI=1S/C14H13BrN2O3S/c15-11-7-10(13(18)19)1-2-12(11)17-14(20)16-5-3-9-4-6-21-8-9/h1-2,4,6-8H,3,5H2,(H,18,19)(H2,16,17,20). The van der Waals surface area contributed by atoms with E-state index in [0.717, 1.165) is 6.42 Å². The minimum absolute atomic E-state index is 0.158. The average Bonchev–Trinajstić information content (AvgIpc) is 2.94. The van der Waals surface area contributed by atoms with Gasteiger partial charge in [-0.25, -0.2) is 9.59 Å². The maximum absolute atomic E-state index is 11.8. The second kappa shape index (κ2) is 7.24. The van der Waals surface area contributed by atoms with Gasteiger partial charge < -0.3 is 15.7 Å². The predicted octanol–water partition coefficient (Wildman–Crippen LogP) is 3.57. The summed E-state index contributed by atoms with van der Waals surface area (Å²) in [6.45, 7) is 0.535. The van der Waals surface area contributed by atoms with Crippen LogP contribution in [0.25, 0.3) is 0 Å². The van der Waals surface area contributed by atoms with Crippen molar-refractivity contribution in [3.05, 3.63) is 50.6 Å². The van der Waals surface area contributed by atoms with Gasteiger partial charge in [0.1, 0.15) is 0 Å². The number of thiophene rings is 1. The lowest BCUT2D eigenvalue weighted by Gasteiger charge is -2.09. The Bertz CT molecular complexity index is 644. The number of hydrogen-bond donors (Lipinski definition) is 3. The van der Waals surface area contributed by atoms with E-state index < -0.39 is 5.97 Å². The zero-order valence-electron chi connectivity index (χ0n) is 10.9. The van der Waals surface area contributed by atoms with Crippen molar-refractivity contribution in [2.45, 2.75) is 6.42 Å². The molecule has 0 radical (unpaired) electrons. The summed E-state index contributed by atoms with van der Waals surface area (Å²) in [6.07, 6.45) is 0.774. The van der Waals surface area contributed by atoms with E-state index in [9.17, 15) is 9.59 Å². The van der Waals surface area contributed by atoms with Crippen LogP contribution >= 0.6 is 27.3 Å². The molecule has 0 unspecified atom stereocenters. The molecule has 2 rings (SSSR count). The van der Waals surface area contributed by atoms with E-state index in [1.165, 1.54) is 17.7 Å². The first-order chi connectivity index (χ1) is 10.1. The fourth-order valence-corrected chi connectivity index (χ4v) is 2.85. The molecule has 1 aromatic carbocycles. The van der Waals surface area contributed by atoms with Crippen molar-refractivity contribution in [2.24, 2.45) is 0 Å². The van der Waals surface area contributed by atoms with Crippen LogP contribution in [-0.4, -0.2) is 23.7 Å². The van der Waals surface area contributed by atoms with Crippen LogP contribution in [0.5, 0.6) is 0 Å². The number of amides is 2. The molecule has 2 aromatic rings. The third-order valence-corrected chi connectivity index (χ3v) is 4.13. The summed E-state index contributed by atoms with van der Waals surface area (Å²) < 4.78 is 0.524. The first-order valence-corrected chi connectivity index (χ1v) is 7.88. The number of aromatic carboxylic acids is 1. The molecule has 0 aliphatic carbocycles. The van der Waals surface area contributed by atoms with Gasteiger partial charge in [0.2, 0.25) is 0 Å². The Hall–Kier alpha value is -1.86. The minimum atomic E-state index is -1.01. The van der Waals surface area contributed by atoms with Crippen LogP contribution in [0.2, 0.25) is 0 Å². The highest BCUT2D eigenvalue weighted by Gasteiger charge is 2.09. The van der Waals surface area contributed by atoms with Crippen molar-refractivity contribution in [3.8, 4) is 0 Å². The molecule has 0 aliphatic heterocycles. The first-order valence-electron chi connectivity index (χ1n) is 6.15. The molecule has 0 saturated carbocycles. The largest absolute Gasteiger partial charge is 0.478 e. The fraction of sp³-hybridized carbons (Fsp3) is 0.143. The number of halogens is 1. The Labute approximate surface area is 134 Å². The van der Waals surface area contributed by atoms with E-state index in [4.69, 9.17) is 5.11 Å². The summed E-state index contributed by atoms with van der Waals surface area (Å²) in [5.41, 5.74) is 1.87. The lowest BCUT2D eigenvalue weighted by molar-refractivity contribution is 0.0697. The SMILES string of the molecule is O=C(NCCc1ccsc1)Nc1ccc(C(=O)O)cc1Br. The van der Waals surface area contributed by atoms with E-state index in [1.807, 2.05) is 16.8 Å². The van der Waals surface area contributed by atoms with Gasteiger partial charge in [-0.3, -0.25) is 0 Å². The molecular weight excluding hydrogens is 356 g/mol. The highest BCUT2D eigenvalue weighted by atomic mass is 79.9. The fourth-order valence-electron chi connectivity index (χ4n) is 1.67. The third-order valence-electron chi connectivity index (χ3n) is 2.74. The molecule has 1 heterocycles. The second-order valence-electron chi connectivity index (χ2n) is 4.26. The Morgan fingerprint density at radius 2 is 2.10 bits per heavy atom. The second-order valence-corrected chi connectivity index (χ2v) is 5.90. The maximum atomic E-state index is 11.8. The monoisotopic (exact) mass is 368 g/mol. The van der Waals surface area contributed by atoms with Gasteiger partial charge >= 0.3 is 12.0 Å². The Morgan fingerprint density at radius 1 is 1.29 bits per heavy atom. The number of carboxylic acid groups (broad SMARTS) is 1. The summed E-state index contributed by atoms with van der Waals surface area (Å²) >= 11 is 4.86. The number of carbonyl (C=O) groups excluding carboxylic acids is 1. The zero-order chi connectivity index (χ0) is 15.2. The number of anilines is 1. The van der Waals surface area contributed by atoms with Gasteiger partial charge in [-0.1, -0.05) is 0 Å². The van der Waals surface area contributed by atoms with E-state index in [2.05, 4.69) is 26.6 Å². The van der Waals surface area contributed by atoms with E-state index in [-0.39, 0.29) is 11.6 Å². The van der Waals surface area contributed by atoms with Gasteiger partial charge in [0, 0.05) is 11.0 Å². The summed E-state index contributed by atoms with van der Waals surface area (Å²) in [6, 6.07) is 6.13. The number of rotatable bonds is 5. The predicted molar refractivity (Wildman–Crippen MR) is 86.1 cm³/mol. The van der Waals surface area contributed by atoms with Crippen molar-refractivity contribution in [3.63, 3.8) is 0 Å². The van der Waals surface area contributed by atoms with Gasteiger partial charge in [-0.2, -0.15) is 11.3 Å². The van der Waals surface area contributed by atoms with E-state index >= 15 is 0 Å². The highest BCUT2D eigenvalue weighted by molar-refractivity contribution is 9.10. The van der Waals surface area contributed by atoms with Crippen molar-refractivity contribution in [1.82, 2.24) is 5.32 Å². The quantitative estimate of drug-likeness (QED) is 0.754. The number of carbonyl (C=O) groups is 2. The molecule has 2 amide bonds. The van der Waals surface area contributed by atoms with Crippen LogP contribution < -0.4 is 10.6 Å². The molecule has 0 spiro atoms. The van der Waals surface area contributed by atoms with E-state index in [0.29, 0.717) is 16.7 Å². The summed E-state index contributed by atoms with van der Waals surface area (Å²) in [4.78, 5) is 22.6. The molecule has 0 atom stereocenters. The highest BCUT2D eigenvalue weighted by Crippen LogP contribution is 2.23. The molecule has 0 aliphatic rings. The van der Waals surface area contributed by atoms with Crippen molar-refractivity contribution >= 4 is 45.0 Å². The molecule has 3 N–H and O–H groups in total. The molecule has 21 heavy (non-hydrogen) atoms. The summed E-state index contributed by atoms with van der Waals surface area (Å²) in [7, 11) is 0. The topological polar surface area (TPSA) is 78.4 Å². The van der Waals surface area contributed by atoms with Gasteiger partial charge in [0.05, 0.1) is 11.3 Å². The zero-order valence-corrected chi connectivity index (χ0v) is 13.3.